The molecular formula is C15H12N4O2. The van der Waals surface area contributed by atoms with Crippen LogP contribution in [0.3, 0.4) is 0 Å². The zero-order chi connectivity index (χ0) is 14.8. The summed E-state index contributed by atoms with van der Waals surface area (Å²) in [6.45, 7) is 1.68. The Morgan fingerprint density at radius 1 is 1.19 bits per heavy atom. The van der Waals surface area contributed by atoms with Gasteiger partial charge in [0.15, 0.2) is 5.82 Å². The van der Waals surface area contributed by atoms with E-state index in [1.54, 1.807) is 37.4 Å². The highest BCUT2D eigenvalue weighted by Crippen LogP contribution is 2.31. The van der Waals surface area contributed by atoms with Gasteiger partial charge >= 0.3 is 0 Å². The molecular weight excluding hydrogens is 268 g/mol. The number of aromatic nitrogens is 2. The van der Waals surface area contributed by atoms with Gasteiger partial charge in [-0.1, -0.05) is 6.07 Å². The second kappa shape index (κ2) is 5.16. The number of aryl methyl sites for hydroxylation is 1. The second-order valence-electron chi connectivity index (χ2n) is 4.56. The van der Waals surface area contributed by atoms with E-state index in [0.717, 1.165) is 0 Å². The number of nitrogens with zero attached hydrogens (tertiary/aromatic N) is 3. The van der Waals surface area contributed by atoms with Crippen molar-refractivity contribution in [1.82, 2.24) is 9.97 Å². The largest absolute Gasteiger partial charge is 0.507 e. The molecule has 0 aliphatic rings. The lowest BCUT2D eigenvalue weighted by atomic mass is 10.1. The lowest BCUT2D eigenvalue weighted by molar-refractivity contribution is 0.481. The van der Waals surface area contributed by atoms with Gasteiger partial charge in [-0.3, -0.25) is 4.79 Å². The Hall–Kier alpha value is -3.02. The number of fused-ring (bicyclic) bond motifs is 1. The van der Waals surface area contributed by atoms with E-state index in [1.807, 2.05) is 6.07 Å². The number of hydrogen-bond acceptors (Lipinski definition) is 5. The van der Waals surface area contributed by atoms with Crippen molar-refractivity contribution in [3.63, 3.8) is 0 Å². The third-order valence-corrected chi connectivity index (χ3v) is 3.07. The minimum Gasteiger partial charge on any atom is -0.507 e. The molecule has 0 radical (unpaired) electrons. The normalized spacial score (nSPS) is 11.3. The first-order valence-electron chi connectivity index (χ1n) is 6.33. The maximum absolute atomic E-state index is 11.7. The third-order valence-electron chi connectivity index (χ3n) is 3.07. The van der Waals surface area contributed by atoms with Gasteiger partial charge in [0.2, 0.25) is 0 Å². The quantitative estimate of drug-likeness (QED) is 0.705. The summed E-state index contributed by atoms with van der Waals surface area (Å²) < 4.78 is 0. The summed E-state index contributed by atoms with van der Waals surface area (Å²) in [6.07, 6.45) is 1.62. The summed E-state index contributed by atoms with van der Waals surface area (Å²) in [5, 5.41) is 18.5. The highest BCUT2D eigenvalue weighted by molar-refractivity contribution is 5.93. The number of phenolic OH excluding ortho intramolecular Hbond substituents is 1. The summed E-state index contributed by atoms with van der Waals surface area (Å²) >= 11 is 0. The Bertz CT molecular complexity index is 885. The molecule has 2 N–H and O–H groups in total. The van der Waals surface area contributed by atoms with E-state index in [0.29, 0.717) is 28.0 Å². The van der Waals surface area contributed by atoms with Crippen molar-refractivity contribution in [3.8, 4) is 5.75 Å². The molecule has 104 valence electrons. The van der Waals surface area contributed by atoms with Crippen molar-refractivity contribution < 1.29 is 5.11 Å². The number of benzene rings is 1. The lowest BCUT2D eigenvalue weighted by Crippen LogP contribution is -2.08. The van der Waals surface area contributed by atoms with Crippen LogP contribution in [0.4, 0.5) is 11.5 Å². The van der Waals surface area contributed by atoms with Crippen LogP contribution < -0.4 is 5.56 Å². The van der Waals surface area contributed by atoms with Gasteiger partial charge in [-0.2, -0.15) is 0 Å². The Balaban J connectivity index is 2.15. The molecule has 2 aromatic heterocycles. The topological polar surface area (TPSA) is 90.7 Å². The van der Waals surface area contributed by atoms with Gasteiger partial charge in [0.1, 0.15) is 11.4 Å². The third kappa shape index (κ3) is 2.51. The molecule has 0 spiro atoms. The van der Waals surface area contributed by atoms with Gasteiger partial charge in [0, 0.05) is 17.1 Å². The summed E-state index contributed by atoms with van der Waals surface area (Å²) in [6, 6.07) is 10.1. The first-order chi connectivity index (χ1) is 10.1. The molecule has 0 bridgehead atoms. The van der Waals surface area contributed by atoms with Gasteiger partial charge < -0.3 is 10.1 Å². The maximum Gasteiger partial charge on any atom is 0.251 e. The van der Waals surface area contributed by atoms with Crippen molar-refractivity contribution >= 4 is 22.4 Å². The molecule has 3 rings (SSSR count). The minimum absolute atomic E-state index is 0.0844. The van der Waals surface area contributed by atoms with Crippen molar-refractivity contribution in [2.75, 3.05) is 0 Å². The van der Waals surface area contributed by atoms with Crippen LogP contribution in [0.15, 0.2) is 57.6 Å². The Morgan fingerprint density at radius 2 is 2.05 bits per heavy atom. The van der Waals surface area contributed by atoms with E-state index < -0.39 is 0 Å². The fraction of sp³-hybridized carbons (Fsp3) is 0.0667. The first-order valence-corrected chi connectivity index (χ1v) is 6.33. The number of azo groups is 1. The molecule has 0 saturated carbocycles. The molecule has 21 heavy (non-hydrogen) atoms. The van der Waals surface area contributed by atoms with Gasteiger partial charge in [0.25, 0.3) is 5.56 Å². The molecule has 0 saturated heterocycles. The van der Waals surface area contributed by atoms with Crippen LogP contribution in [0.5, 0.6) is 5.75 Å². The first kappa shape index (κ1) is 13.0. The molecule has 0 fully saturated rings. The standard InChI is InChI=1S/C15H12N4O2/c1-9-8-10-12(20)6-5-11(14(10)17-15(9)21)18-19-13-4-2-3-7-16-13/h2-8,20H,1H3,(H,17,21). The van der Waals surface area contributed by atoms with Crippen LogP contribution in [-0.4, -0.2) is 15.1 Å². The average Bonchev–Trinajstić information content (AvgIpc) is 2.50. The molecule has 0 amide bonds. The average molecular weight is 280 g/mol. The Morgan fingerprint density at radius 3 is 2.81 bits per heavy atom. The summed E-state index contributed by atoms with van der Waals surface area (Å²) in [5.74, 6) is 0.550. The molecule has 0 atom stereocenters. The summed E-state index contributed by atoms with van der Waals surface area (Å²) in [5.41, 5.74) is 1.22. The molecule has 6 nitrogen and oxygen atoms in total. The van der Waals surface area contributed by atoms with E-state index in [1.165, 1.54) is 6.07 Å². The minimum atomic E-state index is -0.220. The van der Waals surface area contributed by atoms with Crippen LogP contribution in [0.25, 0.3) is 10.9 Å². The van der Waals surface area contributed by atoms with Crippen LogP contribution in [0, 0.1) is 6.92 Å². The van der Waals surface area contributed by atoms with E-state index in [2.05, 4.69) is 20.2 Å². The molecule has 0 aliphatic heterocycles. The van der Waals surface area contributed by atoms with E-state index in [4.69, 9.17) is 0 Å². The molecule has 2 heterocycles. The predicted octanol–water partition coefficient (Wildman–Crippen LogP) is 3.35. The highest BCUT2D eigenvalue weighted by atomic mass is 16.3. The van der Waals surface area contributed by atoms with Crippen molar-refractivity contribution in [2.45, 2.75) is 6.92 Å². The Labute approximate surface area is 119 Å². The second-order valence-corrected chi connectivity index (χ2v) is 4.56. The fourth-order valence-corrected chi connectivity index (χ4v) is 1.97. The van der Waals surface area contributed by atoms with Crippen LogP contribution in [0.2, 0.25) is 0 Å². The Kier molecular flexibility index (Phi) is 3.19. The van der Waals surface area contributed by atoms with Gasteiger partial charge in [0.05, 0.1) is 5.52 Å². The SMILES string of the molecule is Cc1cc2c(O)ccc(N=Nc3ccccn3)c2[nH]c1=O. The van der Waals surface area contributed by atoms with Crippen molar-refractivity contribution in [1.29, 1.82) is 0 Å². The van der Waals surface area contributed by atoms with E-state index in [9.17, 15) is 9.90 Å². The molecule has 6 heteroatoms. The lowest BCUT2D eigenvalue weighted by Gasteiger charge is -2.04. The van der Waals surface area contributed by atoms with Gasteiger partial charge in [-0.05, 0) is 37.3 Å². The van der Waals surface area contributed by atoms with Gasteiger partial charge in [-0.25, -0.2) is 4.98 Å². The monoisotopic (exact) mass is 280 g/mol. The number of phenols is 1. The van der Waals surface area contributed by atoms with Crippen LogP contribution in [-0.2, 0) is 0 Å². The molecule has 0 aliphatic carbocycles. The number of aromatic hydroxyl groups is 1. The summed E-state index contributed by atoms with van der Waals surface area (Å²) in [4.78, 5) is 18.5. The number of hydrogen-bond donors (Lipinski definition) is 2. The summed E-state index contributed by atoms with van der Waals surface area (Å²) in [7, 11) is 0. The predicted molar refractivity (Wildman–Crippen MR) is 79.4 cm³/mol. The smallest absolute Gasteiger partial charge is 0.251 e. The zero-order valence-electron chi connectivity index (χ0n) is 11.2. The highest BCUT2D eigenvalue weighted by Gasteiger charge is 2.08. The zero-order valence-corrected chi connectivity index (χ0v) is 11.2. The van der Waals surface area contributed by atoms with Crippen LogP contribution in [0.1, 0.15) is 5.56 Å². The maximum atomic E-state index is 11.7. The van der Waals surface area contributed by atoms with E-state index in [-0.39, 0.29) is 11.3 Å². The van der Waals surface area contributed by atoms with Crippen molar-refractivity contribution in [2.24, 2.45) is 10.2 Å². The van der Waals surface area contributed by atoms with E-state index >= 15 is 0 Å². The van der Waals surface area contributed by atoms with Gasteiger partial charge in [-0.15, -0.1) is 10.2 Å². The molecule has 0 unspecified atom stereocenters. The fourth-order valence-electron chi connectivity index (χ4n) is 1.97. The number of pyridine rings is 2. The number of rotatable bonds is 2. The van der Waals surface area contributed by atoms with Crippen molar-refractivity contribution in [3.05, 3.63) is 58.5 Å². The molecule has 3 aromatic rings. The number of H-pyrrole nitrogens is 1. The number of aromatic amines is 1. The molecule has 1 aromatic carbocycles. The number of nitrogens with one attached hydrogen (secondary N) is 1. The van der Waals surface area contributed by atoms with Crippen LogP contribution >= 0.6 is 0 Å².